The molecule has 1 nitrogen and oxygen atoms in total. The summed E-state index contributed by atoms with van der Waals surface area (Å²) in [5.74, 6) is 0. The molecule has 194 valence electrons. The van der Waals surface area contributed by atoms with Crippen LogP contribution >= 0.6 is 0 Å². The second-order valence-corrected chi connectivity index (χ2v) is 13.6. The summed E-state index contributed by atoms with van der Waals surface area (Å²) in [6.07, 6.45) is 0. The average molecular weight is 508 g/mol. The van der Waals surface area contributed by atoms with Crippen molar-refractivity contribution < 1.29 is 0 Å². The largest absolute Gasteiger partial charge is 0.356 e. The lowest BCUT2D eigenvalue weighted by Gasteiger charge is -2.24. The van der Waals surface area contributed by atoms with Gasteiger partial charge < -0.3 is 5.32 Å². The van der Waals surface area contributed by atoms with Crippen molar-refractivity contribution in [1.29, 1.82) is 0 Å². The molecule has 0 saturated carbocycles. The van der Waals surface area contributed by atoms with Crippen molar-refractivity contribution >= 4 is 22.1 Å². The van der Waals surface area contributed by atoms with E-state index >= 15 is 0 Å². The molecule has 0 aliphatic heterocycles. The summed E-state index contributed by atoms with van der Waals surface area (Å²) in [5, 5.41) is 6.34. The molecule has 5 aromatic carbocycles. The molecule has 0 radical (unpaired) electrons. The molecule has 0 amide bonds. The summed E-state index contributed by atoms with van der Waals surface area (Å²) in [7, 11) is 0. The van der Waals surface area contributed by atoms with Crippen LogP contribution in [0.15, 0.2) is 91.0 Å². The van der Waals surface area contributed by atoms with Crippen molar-refractivity contribution in [2.24, 2.45) is 0 Å². The van der Waals surface area contributed by atoms with E-state index < -0.39 is 0 Å². The molecule has 0 atom stereocenters. The smallest absolute Gasteiger partial charge is 0.0387 e. The van der Waals surface area contributed by atoms with E-state index in [0.717, 1.165) is 11.4 Å². The van der Waals surface area contributed by atoms with Crippen molar-refractivity contribution in [2.45, 2.75) is 64.7 Å². The molecular weight excluding hydrogens is 470 g/mol. The van der Waals surface area contributed by atoms with E-state index in [0.29, 0.717) is 0 Å². The van der Waals surface area contributed by atoms with Crippen LogP contribution in [0.3, 0.4) is 0 Å². The molecule has 0 unspecified atom stereocenters. The van der Waals surface area contributed by atoms with Gasteiger partial charge in [0.05, 0.1) is 0 Å². The Hall–Kier alpha value is -3.84. The Bertz CT molecular complexity index is 1790. The molecule has 2 aliphatic carbocycles. The van der Waals surface area contributed by atoms with Crippen molar-refractivity contribution in [3.63, 3.8) is 0 Å². The van der Waals surface area contributed by atoms with Gasteiger partial charge in [-0.2, -0.15) is 0 Å². The minimum absolute atomic E-state index is 0.0304. The third-order valence-electron chi connectivity index (χ3n) is 9.40. The van der Waals surface area contributed by atoms with Crippen LogP contribution in [-0.2, 0) is 16.2 Å². The molecule has 1 N–H and O–H groups in total. The molecule has 7 rings (SSSR count). The lowest BCUT2D eigenvalue weighted by molar-refractivity contribution is 0.590. The van der Waals surface area contributed by atoms with Crippen LogP contribution in [0, 0.1) is 0 Å². The zero-order valence-electron chi connectivity index (χ0n) is 24.2. The van der Waals surface area contributed by atoms with Gasteiger partial charge in [0, 0.05) is 22.2 Å². The number of anilines is 2. The highest BCUT2D eigenvalue weighted by Gasteiger charge is 2.42. The van der Waals surface area contributed by atoms with E-state index in [-0.39, 0.29) is 16.2 Å². The Balaban J connectivity index is 1.32. The standard InChI is InChI=1S/C38H37N/c1-36(2,3)24-13-15-25(16-14-24)39-26-17-18-28-29-21-34-30(22-33(29)38(6,7)32(28)20-26)35-27-11-9-8-10-23(27)12-19-31(35)37(34,4)5/h8-22,39H,1-7H3. The molecule has 2 aliphatic rings. The fourth-order valence-electron chi connectivity index (χ4n) is 7.03. The van der Waals surface area contributed by atoms with E-state index in [4.69, 9.17) is 0 Å². The van der Waals surface area contributed by atoms with Gasteiger partial charge in [-0.05, 0) is 103 Å². The first-order valence-electron chi connectivity index (χ1n) is 14.2. The van der Waals surface area contributed by atoms with Crippen LogP contribution in [0.2, 0.25) is 0 Å². The van der Waals surface area contributed by atoms with Gasteiger partial charge in [0.15, 0.2) is 0 Å². The first-order valence-corrected chi connectivity index (χ1v) is 14.2. The third-order valence-corrected chi connectivity index (χ3v) is 9.40. The van der Waals surface area contributed by atoms with Gasteiger partial charge in [-0.3, -0.25) is 0 Å². The quantitative estimate of drug-likeness (QED) is 0.250. The monoisotopic (exact) mass is 507 g/mol. The van der Waals surface area contributed by atoms with Crippen molar-refractivity contribution in [2.75, 3.05) is 5.32 Å². The Labute approximate surface area is 232 Å². The maximum atomic E-state index is 3.67. The zero-order chi connectivity index (χ0) is 27.3. The summed E-state index contributed by atoms with van der Waals surface area (Å²) in [6, 6.07) is 34.3. The van der Waals surface area contributed by atoms with Gasteiger partial charge in [-0.25, -0.2) is 0 Å². The Morgan fingerprint density at radius 3 is 1.90 bits per heavy atom. The van der Waals surface area contributed by atoms with Crippen LogP contribution in [0.4, 0.5) is 11.4 Å². The molecule has 0 saturated heterocycles. The second kappa shape index (κ2) is 7.85. The topological polar surface area (TPSA) is 12.0 Å². The molecule has 0 aromatic heterocycles. The highest BCUT2D eigenvalue weighted by molar-refractivity contribution is 6.03. The normalized spacial score (nSPS) is 16.0. The first kappa shape index (κ1) is 24.2. The fourth-order valence-corrected chi connectivity index (χ4v) is 7.03. The van der Waals surface area contributed by atoms with Gasteiger partial charge >= 0.3 is 0 Å². The van der Waals surface area contributed by atoms with Crippen LogP contribution < -0.4 is 5.32 Å². The van der Waals surface area contributed by atoms with Crippen molar-refractivity contribution in [3.8, 4) is 22.3 Å². The predicted molar refractivity (Wildman–Crippen MR) is 168 cm³/mol. The molecular formula is C38H37N. The van der Waals surface area contributed by atoms with Crippen LogP contribution in [-0.4, -0.2) is 0 Å². The third kappa shape index (κ3) is 3.45. The van der Waals surface area contributed by atoms with Gasteiger partial charge in [-0.1, -0.05) is 103 Å². The summed E-state index contributed by atoms with van der Waals surface area (Å²) >= 11 is 0. The van der Waals surface area contributed by atoms with Crippen molar-refractivity contribution in [3.05, 3.63) is 119 Å². The lowest BCUT2D eigenvalue weighted by atomic mass is 9.79. The van der Waals surface area contributed by atoms with Gasteiger partial charge in [-0.15, -0.1) is 0 Å². The first-order chi connectivity index (χ1) is 18.5. The predicted octanol–water partition coefficient (Wildman–Crippen LogP) is 10.5. The molecule has 1 heteroatoms. The number of rotatable bonds is 2. The van der Waals surface area contributed by atoms with Crippen LogP contribution in [0.1, 0.15) is 76.3 Å². The number of hydrogen-bond donors (Lipinski definition) is 1. The number of nitrogens with one attached hydrogen (secondary N) is 1. The minimum atomic E-state index is -0.0784. The summed E-state index contributed by atoms with van der Waals surface area (Å²) in [6.45, 7) is 16.3. The Morgan fingerprint density at radius 1 is 0.538 bits per heavy atom. The molecule has 39 heavy (non-hydrogen) atoms. The molecule has 0 bridgehead atoms. The van der Waals surface area contributed by atoms with E-state index in [1.54, 1.807) is 0 Å². The summed E-state index contributed by atoms with van der Waals surface area (Å²) in [5.41, 5.74) is 15.0. The maximum Gasteiger partial charge on any atom is 0.0387 e. The molecule has 0 spiro atoms. The zero-order valence-corrected chi connectivity index (χ0v) is 24.2. The SMILES string of the molecule is CC(C)(C)c1ccc(Nc2ccc3c(c2)C(C)(C)c2cc4c(cc2-3)C(C)(C)c2ccc3ccccc3c2-4)cc1. The van der Waals surface area contributed by atoms with Crippen LogP contribution in [0.25, 0.3) is 33.0 Å². The molecule has 0 heterocycles. The minimum Gasteiger partial charge on any atom is -0.356 e. The highest BCUT2D eigenvalue weighted by atomic mass is 14.9. The average Bonchev–Trinajstić information content (AvgIpc) is 3.27. The van der Waals surface area contributed by atoms with E-state index in [9.17, 15) is 0 Å². The number of hydrogen-bond acceptors (Lipinski definition) is 1. The Kier molecular flexibility index (Phi) is 4.88. The Morgan fingerprint density at radius 2 is 1.15 bits per heavy atom. The highest BCUT2D eigenvalue weighted by Crippen LogP contribution is 2.57. The lowest BCUT2D eigenvalue weighted by Crippen LogP contribution is -2.17. The van der Waals surface area contributed by atoms with E-state index in [2.05, 4.69) is 145 Å². The van der Waals surface area contributed by atoms with Gasteiger partial charge in [0.1, 0.15) is 0 Å². The number of benzene rings is 5. The van der Waals surface area contributed by atoms with Crippen molar-refractivity contribution in [1.82, 2.24) is 0 Å². The molecule has 0 fully saturated rings. The summed E-state index contributed by atoms with van der Waals surface area (Å²) in [4.78, 5) is 0. The fraction of sp³-hybridized carbons (Fsp3) is 0.263. The van der Waals surface area contributed by atoms with Crippen LogP contribution in [0.5, 0.6) is 0 Å². The number of fused-ring (bicyclic) bond motifs is 8. The molecule has 5 aromatic rings. The van der Waals surface area contributed by atoms with Gasteiger partial charge in [0.25, 0.3) is 0 Å². The second-order valence-electron chi connectivity index (χ2n) is 13.6. The van der Waals surface area contributed by atoms with E-state index in [1.807, 2.05) is 0 Å². The van der Waals surface area contributed by atoms with E-state index in [1.165, 1.54) is 60.8 Å². The van der Waals surface area contributed by atoms with Gasteiger partial charge in [0.2, 0.25) is 0 Å². The maximum absolute atomic E-state index is 3.67. The summed E-state index contributed by atoms with van der Waals surface area (Å²) < 4.78 is 0.